The number of imidazole rings is 1. The number of ether oxygens (including phenoxy) is 4. The standard InChI is InChI=1S/C27H34ClN3O5/c1-3-26-29-9-10-31(26)12-14-35-24-8-7-21(15-25(24)33-2)17-30-11-13-34-19-27(32,18-30)20-36-23-6-4-5-22(28)16-23/h4-10,15-16,32H,3,11-14,17-20H2,1-2H3. The van der Waals surface area contributed by atoms with Crippen LogP contribution >= 0.6 is 11.6 Å². The molecule has 1 aromatic heterocycles. The van der Waals surface area contributed by atoms with Crippen LogP contribution in [0.5, 0.6) is 17.2 Å². The largest absolute Gasteiger partial charge is 0.493 e. The van der Waals surface area contributed by atoms with Crippen LogP contribution < -0.4 is 14.2 Å². The third kappa shape index (κ3) is 7.13. The number of nitrogens with zero attached hydrogens (tertiary/aromatic N) is 3. The molecule has 0 bridgehead atoms. The smallest absolute Gasteiger partial charge is 0.161 e. The molecule has 0 aliphatic carbocycles. The molecule has 0 amide bonds. The Morgan fingerprint density at radius 2 is 2.06 bits per heavy atom. The van der Waals surface area contributed by atoms with E-state index in [1.165, 1.54) is 0 Å². The SMILES string of the molecule is CCc1nccn1CCOc1ccc(CN2CCOCC(O)(COc3cccc(Cl)c3)C2)cc1OC. The maximum atomic E-state index is 11.2. The monoisotopic (exact) mass is 515 g/mol. The first-order valence-corrected chi connectivity index (χ1v) is 12.6. The Morgan fingerprint density at radius 3 is 2.86 bits per heavy atom. The van der Waals surface area contributed by atoms with Gasteiger partial charge in [0.05, 0.1) is 26.9 Å². The normalized spacial score (nSPS) is 18.6. The molecule has 1 N–H and O–H groups in total. The number of halogens is 1. The first kappa shape index (κ1) is 26.3. The van der Waals surface area contributed by atoms with Crippen LogP contribution in [-0.2, 0) is 24.2 Å². The van der Waals surface area contributed by atoms with Crippen LogP contribution in [0, 0.1) is 0 Å². The lowest BCUT2D eigenvalue weighted by Gasteiger charge is -2.30. The second-order valence-corrected chi connectivity index (χ2v) is 9.39. The Balaban J connectivity index is 1.35. The van der Waals surface area contributed by atoms with Crippen LogP contribution in [0.25, 0.3) is 0 Å². The fourth-order valence-corrected chi connectivity index (χ4v) is 4.47. The molecule has 8 nitrogen and oxygen atoms in total. The van der Waals surface area contributed by atoms with Crippen molar-refractivity contribution in [1.29, 1.82) is 0 Å². The molecule has 36 heavy (non-hydrogen) atoms. The predicted octanol–water partition coefficient (Wildman–Crippen LogP) is 3.83. The summed E-state index contributed by atoms with van der Waals surface area (Å²) >= 11 is 6.04. The molecule has 194 valence electrons. The van der Waals surface area contributed by atoms with E-state index < -0.39 is 5.60 Å². The summed E-state index contributed by atoms with van der Waals surface area (Å²) in [4.78, 5) is 6.51. The van der Waals surface area contributed by atoms with Crippen molar-refractivity contribution in [3.05, 3.63) is 71.3 Å². The lowest BCUT2D eigenvalue weighted by atomic mass is 10.1. The van der Waals surface area contributed by atoms with Crippen molar-refractivity contribution in [3.63, 3.8) is 0 Å². The van der Waals surface area contributed by atoms with Gasteiger partial charge in [0.2, 0.25) is 0 Å². The van der Waals surface area contributed by atoms with Crippen LogP contribution in [0.4, 0.5) is 0 Å². The Labute approximate surface area is 217 Å². The van der Waals surface area contributed by atoms with Crippen LogP contribution in [0.1, 0.15) is 18.3 Å². The van der Waals surface area contributed by atoms with E-state index in [-0.39, 0.29) is 13.2 Å². The van der Waals surface area contributed by atoms with Crippen molar-refractivity contribution in [3.8, 4) is 17.2 Å². The summed E-state index contributed by atoms with van der Waals surface area (Å²) in [5, 5.41) is 11.8. The molecular weight excluding hydrogens is 482 g/mol. The zero-order chi connectivity index (χ0) is 25.4. The summed E-state index contributed by atoms with van der Waals surface area (Å²) < 4.78 is 25.2. The molecule has 1 unspecified atom stereocenters. The maximum Gasteiger partial charge on any atom is 0.161 e. The summed E-state index contributed by atoms with van der Waals surface area (Å²) in [5.41, 5.74) is -0.0848. The Kier molecular flexibility index (Phi) is 9.09. The second-order valence-electron chi connectivity index (χ2n) is 8.96. The quantitative estimate of drug-likeness (QED) is 0.416. The van der Waals surface area contributed by atoms with Gasteiger partial charge in [-0.15, -0.1) is 0 Å². The van der Waals surface area contributed by atoms with Crippen molar-refractivity contribution >= 4 is 11.6 Å². The van der Waals surface area contributed by atoms with Crippen molar-refractivity contribution in [2.45, 2.75) is 32.0 Å². The minimum Gasteiger partial charge on any atom is -0.493 e. The summed E-state index contributed by atoms with van der Waals surface area (Å²) in [6, 6.07) is 13.1. The summed E-state index contributed by atoms with van der Waals surface area (Å²) in [6.07, 6.45) is 4.66. The van der Waals surface area contributed by atoms with Crippen molar-refractivity contribution in [2.24, 2.45) is 0 Å². The van der Waals surface area contributed by atoms with Gasteiger partial charge in [-0.1, -0.05) is 30.7 Å². The number of benzene rings is 2. The number of β-amino-alcohol motifs (C(OH)–C–C–N with tert-alkyl or cyclic N) is 1. The maximum absolute atomic E-state index is 11.2. The van der Waals surface area contributed by atoms with Gasteiger partial charge in [-0.2, -0.15) is 0 Å². The molecule has 2 aromatic carbocycles. The average Bonchev–Trinajstić information content (AvgIpc) is 3.25. The Bertz CT molecular complexity index is 1120. The van der Waals surface area contributed by atoms with Crippen molar-refractivity contribution in [1.82, 2.24) is 14.5 Å². The molecule has 4 rings (SSSR count). The summed E-state index contributed by atoms with van der Waals surface area (Å²) in [7, 11) is 1.64. The van der Waals surface area contributed by atoms with Gasteiger partial charge < -0.3 is 28.6 Å². The van der Waals surface area contributed by atoms with Gasteiger partial charge in [-0.3, -0.25) is 4.90 Å². The number of aliphatic hydroxyl groups is 1. The fraction of sp³-hybridized carbons (Fsp3) is 0.444. The number of hydrogen-bond acceptors (Lipinski definition) is 7. The highest BCUT2D eigenvalue weighted by molar-refractivity contribution is 6.30. The molecule has 1 atom stereocenters. The van der Waals surface area contributed by atoms with E-state index in [4.69, 9.17) is 30.5 Å². The van der Waals surface area contributed by atoms with Gasteiger partial charge >= 0.3 is 0 Å². The van der Waals surface area contributed by atoms with Gasteiger partial charge in [0.15, 0.2) is 11.5 Å². The fourth-order valence-electron chi connectivity index (χ4n) is 4.29. The lowest BCUT2D eigenvalue weighted by Crippen LogP contribution is -2.48. The Morgan fingerprint density at radius 1 is 1.17 bits per heavy atom. The Hall–Kier alpha value is -2.78. The highest BCUT2D eigenvalue weighted by Crippen LogP contribution is 2.29. The summed E-state index contributed by atoms with van der Waals surface area (Å²) in [5.74, 6) is 3.04. The molecule has 1 aliphatic heterocycles. The van der Waals surface area contributed by atoms with Crippen LogP contribution in [0.3, 0.4) is 0 Å². The first-order chi connectivity index (χ1) is 17.5. The van der Waals surface area contributed by atoms with Gasteiger partial charge in [0, 0.05) is 43.5 Å². The number of methoxy groups -OCH3 is 1. The molecule has 0 saturated carbocycles. The molecule has 2 heterocycles. The van der Waals surface area contributed by atoms with Gasteiger partial charge in [-0.05, 0) is 35.9 Å². The third-order valence-corrected chi connectivity index (χ3v) is 6.32. The molecular formula is C27H34ClN3O5. The van der Waals surface area contributed by atoms with E-state index in [1.54, 1.807) is 19.2 Å². The topological polar surface area (TPSA) is 78.2 Å². The lowest BCUT2D eigenvalue weighted by molar-refractivity contribution is -0.0646. The number of hydrogen-bond donors (Lipinski definition) is 1. The molecule has 1 fully saturated rings. The highest BCUT2D eigenvalue weighted by atomic mass is 35.5. The van der Waals surface area contributed by atoms with Gasteiger partial charge in [0.25, 0.3) is 0 Å². The molecule has 1 aliphatic rings. The molecule has 3 aromatic rings. The number of aromatic nitrogens is 2. The van der Waals surface area contributed by atoms with E-state index in [1.807, 2.05) is 42.7 Å². The number of aryl methyl sites for hydroxylation is 1. The molecule has 9 heteroatoms. The van der Waals surface area contributed by atoms with Gasteiger partial charge in [0.1, 0.15) is 30.4 Å². The van der Waals surface area contributed by atoms with E-state index in [9.17, 15) is 5.11 Å². The second kappa shape index (κ2) is 12.5. The van der Waals surface area contributed by atoms with Crippen molar-refractivity contribution in [2.75, 3.05) is 46.6 Å². The van der Waals surface area contributed by atoms with Crippen LogP contribution in [0.2, 0.25) is 5.02 Å². The van der Waals surface area contributed by atoms with E-state index in [0.717, 1.165) is 24.4 Å². The van der Waals surface area contributed by atoms with Crippen LogP contribution in [-0.4, -0.2) is 71.8 Å². The van der Waals surface area contributed by atoms with E-state index >= 15 is 0 Å². The number of rotatable bonds is 11. The minimum absolute atomic E-state index is 0.108. The van der Waals surface area contributed by atoms with Crippen LogP contribution in [0.15, 0.2) is 54.9 Å². The third-order valence-electron chi connectivity index (χ3n) is 6.09. The highest BCUT2D eigenvalue weighted by Gasteiger charge is 2.33. The van der Waals surface area contributed by atoms with E-state index in [0.29, 0.717) is 55.1 Å². The zero-order valence-electron chi connectivity index (χ0n) is 20.9. The average molecular weight is 516 g/mol. The van der Waals surface area contributed by atoms with E-state index in [2.05, 4.69) is 21.4 Å². The predicted molar refractivity (Wildman–Crippen MR) is 138 cm³/mol. The summed E-state index contributed by atoms with van der Waals surface area (Å²) in [6.45, 7) is 5.92. The van der Waals surface area contributed by atoms with Crippen molar-refractivity contribution < 1.29 is 24.1 Å². The molecule has 0 spiro atoms. The zero-order valence-corrected chi connectivity index (χ0v) is 21.6. The van der Waals surface area contributed by atoms with Gasteiger partial charge in [-0.25, -0.2) is 4.98 Å². The minimum atomic E-state index is -1.14. The molecule has 1 saturated heterocycles. The first-order valence-electron chi connectivity index (χ1n) is 12.2. The molecule has 0 radical (unpaired) electrons.